The number of hydrogen-bond acceptors (Lipinski definition) is 16. The summed E-state index contributed by atoms with van der Waals surface area (Å²) in [6.45, 7) is 7.50. The SMILES string of the molecule is CN(C)CCNc1ccc(C(=O)NCCC(c2ccccc2)c2ccccc2)cn1.COCCNc1ccc(C(=O)NCCC(c2ccccc2)c2ccccc2)cn1.O=C(CCC(c1ccccc1)c1ccccc1)Nc1ccncc1.O=C(NCCC(c1ccccc1)c1ccccc1)c1ccc(N2CCCCC2)nc1.O=C(NCCC(c1ccccc1)c1ccccc1)c1cncnc1. The summed E-state index contributed by atoms with van der Waals surface area (Å²) in [5.74, 6) is 3.30. The molecule has 700 valence electrons. The van der Waals surface area contributed by atoms with E-state index in [0.29, 0.717) is 68.0 Å². The minimum atomic E-state index is -0.143. The number of rotatable bonds is 39. The van der Waals surface area contributed by atoms with E-state index in [1.807, 2.05) is 148 Å². The molecule has 21 nitrogen and oxygen atoms in total. The van der Waals surface area contributed by atoms with Crippen LogP contribution >= 0.6 is 0 Å². The predicted molar refractivity (Wildman–Crippen MR) is 552 cm³/mol. The van der Waals surface area contributed by atoms with Crippen LogP contribution in [0.2, 0.25) is 0 Å². The van der Waals surface area contributed by atoms with E-state index in [4.69, 9.17) is 4.74 Å². The second-order valence-electron chi connectivity index (χ2n) is 33.5. The standard InChI is InChI=1S/C26H29N3O.C25H30N4O.C24H27N3O2.C21H20N2O.C20H19N3O/c30-26(23-14-15-25(28-20-23)29-18-8-3-9-19-29)27-17-16-24(21-10-4-1-5-11-21)22-12-6-2-7-13-22;1-29(2)18-17-26-24-14-13-22(19-28-24)25(30)27-16-15-23(20-9-5-3-6-10-20)21-11-7-4-8-12-21;1-29-17-16-25-23-13-12-21(18-27-23)24(28)26-15-14-22(19-8-4-2-5-9-19)20-10-6-3-7-11-20;24-21(23-19-13-15-22-16-14-19)12-11-20(17-7-3-1-4-8-17)18-9-5-2-6-10-18;24-20(18-13-21-15-22-14-18)23-12-11-19(16-7-3-1-4-8-16)17-9-5-2-6-10-17/h1-2,4-7,10-15,20,24H,3,8-9,16-19H2,(H,27,30);3-14,19,23H,15-18H2,1-2H3,(H,26,28)(H,27,30);2-13,18,22H,14-17H2,1H3,(H,25,27)(H,26,28);1-10,13-16,20H,11-12H2,(H,22,23,24);1-10,13-15,19H,11-12H2,(H,23,24). The predicted octanol–water partition coefficient (Wildman–Crippen LogP) is 21.2. The number of benzene rings is 10. The van der Waals surface area contributed by atoms with Gasteiger partial charge < -0.3 is 51.8 Å². The van der Waals surface area contributed by atoms with Gasteiger partial charge in [0.05, 0.1) is 28.9 Å². The summed E-state index contributed by atoms with van der Waals surface area (Å²) in [5.41, 5.74) is 15.5. The summed E-state index contributed by atoms with van der Waals surface area (Å²) in [6, 6.07) is 119. The first-order valence-electron chi connectivity index (χ1n) is 47.2. The number of nitrogens with one attached hydrogen (secondary N) is 7. The molecule has 137 heavy (non-hydrogen) atoms. The van der Waals surface area contributed by atoms with Crippen LogP contribution in [-0.2, 0) is 9.53 Å². The third kappa shape index (κ3) is 34.2. The Balaban J connectivity index is 0.000000154. The summed E-state index contributed by atoms with van der Waals surface area (Å²) in [7, 11) is 5.72. The topological polar surface area (TPSA) is 263 Å². The first-order chi connectivity index (χ1) is 67.4. The van der Waals surface area contributed by atoms with Gasteiger partial charge in [0.2, 0.25) is 5.91 Å². The van der Waals surface area contributed by atoms with Gasteiger partial charge in [-0.3, -0.25) is 29.0 Å². The quantitative estimate of drug-likeness (QED) is 0.0177. The number of hydrogen-bond donors (Lipinski definition) is 7. The lowest BCUT2D eigenvalue weighted by Gasteiger charge is -2.27. The molecule has 21 heteroatoms. The number of likely N-dealkylation sites (N-methyl/N-ethyl adjacent to an activating group) is 1. The van der Waals surface area contributed by atoms with Crippen LogP contribution in [0.1, 0.15) is 184 Å². The maximum absolute atomic E-state index is 12.6. The molecule has 1 saturated heterocycles. The third-order valence-corrected chi connectivity index (χ3v) is 23.6. The lowest BCUT2D eigenvalue weighted by molar-refractivity contribution is -0.116. The van der Waals surface area contributed by atoms with Crippen LogP contribution in [0.5, 0.6) is 0 Å². The van der Waals surface area contributed by atoms with Gasteiger partial charge in [0, 0.05) is 151 Å². The molecule has 0 radical (unpaired) electrons. The van der Waals surface area contributed by atoms with E-state index in [0.717, 1.165) is 81.4 Å². The van der Waals surface area contributed by atoms with E-state index >= 15 is 0 Å². The highest BCUT2D eigenvalue weighted by atomic mass is 16.5. The van der Waals surface area contributed by atoms with Crippen LogP contribution in [0.25, 0.3) is 0 Å². The first-order valence-corrected chi connectivity index (χ1v) is 47.2. The average Bonchev–Trinajstić information content (AvgIpc) is 0.861. The molecule has 6 heterocycles. The highest BCUT2D eigenvalue weighted by Gasteiger charge is 2.23. The highest BCUT2D eigenvalue weighted by molar-refractivity contribution is 5.96. The summed E-state index contributed by atoms with van der Waals surface area (Å²) in [6.07, 6.45) is 21.0. The Morgan fingerprint density at radius 3 is 0.912 bits per heavy atom. The van der Waals surface area contributed by atoms with Crippen LogP contribution in [0.4, 0.5) is 23.1 Å². The third-order valence-electron chi connectivity index (χ3n) is 23.6. The number of carbonyl (C=O) groups is 5. The molecular formula is C116H125N15O6. The van der Waals surface area contributed by atoms with E-state index in [1.165, 1.54) is 93.6 Å². The Kier molecular flexibility index (Phi) is 42.0. The summed E-state index contributed by atoms with van der Waals surface area (Å²) >= 11 is 0. The van der Waals surface area contributed by atoms with E-state index < -0.39 is 0 Å². The first kappa shape index (κ1) is 101. The maximum atomic E-state index is 12.6. The van der Waals surface area contributed by atoms with E-state index in [-0.39, 0.29) is 59.1 Å². The molecule has 15 aromatic rings. The molecule has 0 atom stereocenters. The van der Waals surface area contributed by atoms with Crippen molar-refractivity contribution in [3.63, 3.8) is 0 Å². The number of ether oxygens (including phenoxy) is 1. The van der Waals surface area contributed by atoms with Crippen molar-refractivity contribution < 1.29 is 28.7 Å². The normalized spacial score (nSPS) is 11.4. The Morgan fingerprint density at radius 1 is 0.321 bits per heavy atom. The van der Waals surface area contributed by atoms with Crippen molar-refractivity contribution in [2.45, 2.75) is 87.4 Å². The number of pyridine rings is 4. The van der Waals surface area contributed by atoms with Gasteiger partial charge in [-0.1, -0.05) is 303 Å². The van der Waals surface area contributed by atoms with Crippen LogP contribution in [-0.4, -0.2) is 151 Å². The molecule has 10 aromatic carbocycles. The van der Waals surface area contributed by atoms with Crippen molar-refractivity contribution in [2.75, 3.05) is 108 Å². The fourth-order valence-electron chi connectivity index (χ4n) is 16.3. The second kappa shape index (κ2) is 57.2. The number of anilines is 4. The number of aromatic nitrogens is 6. The van der Waals surface area contributed by atoms with E-state index in [2.05, 4.69) is 271 Å². The number of amides is 5. The van der Waals surface area contributed by atoms with Crippen molar-refractivity contribution >= 4 is 52.7 Å². The van der Waals surface area contributed by atoms with Crippen molar-refractivity contribution in [3.05, 3.63) is 479 Å². The zero-order valence-corrected chi connectivity index (χ0v) is 78.5. The molecule has 16 rings (SSSR count). The molecule has 0 unspecified atom stereocenters. The van der Waals surface area contributed by atoms with Gasteiger partial charge in [-0.05, 0) is 170 Å². The molecule has 1 fully saturated rings. The van der Waals surface area contributed by atoms with Crippen LogP contribution in [0, 0.1) is 0 Å². The molecule has 0 spiro atoms. The largest absolute Gasteiger partial charge is 0.383 e. The number of nitrogens with zero attached hydrogens (tertiary/aromatic N) is 8. The minimum absolute atomic E-state index is 0.0260. The number of piperidine rings is 1. The lowest BCUT2D eigenvalue weighted by atomic mass is 9.87. The zero-order chi connectivity index (χ0) is 95.3. The van der Waals surface area contributed by atoms with Crippen LogP contribution in [0.15, 0.2) is 402 Å². The monoisotopic (exact) mass is 1820 g/mol. The van der Waals surface area contributed by atoms with Gasteiger partial charge in [0.25, 0.3) is 23.6 Å². The molecule has 5 amide bonds. The number of methoxy groups -OCH3 is 1. The van der Waals surface area contributed by atoms with Gasteiger partial charge in [-0.15, -0.1) is 0 Å². The van der Waals surface area contributed by atoms with Gasteiger partial charge in [-0.25, -0.2) is 24.9 Å². The van der Waals surface area contributed by atoms with Crippen molar-refractivity contribution in [3.8, 4) is 0 Å². The maximum Gasteiger partial charge on any atom is 0.254 e. The zero-order valence-electron chi connectivity index (χ0n) is 78.5. The molecule has 0 bridgehead atoms. The smallest absolute Gasteiger partial charge is 0.254 e. The minimum Gasteiger partial charge on any atom is -0.383 e. The fraction of sp³-hybridized carbons (Fsp3) is 0.233. The van der Waals surface area contributed by atoms with Crippen LogP contribution in [0.3, 0.4) is 0 Å². The van der Waals surface area contributed by atoms with Crippen molar-refractivity contribution in [1.82, 2.24) is 56.1 Å². The van der Waals surface area contributed by atoms with E-state index in [1.54, 1.807) is 62.4 Å². The van der Waals surface area contributed by atoms with Gasteiger partial charge in [0.1, 0.15) is 23.8 Å². The average molecular weight is 1830 g/mol. The number of carbonyl (C=O) groups excluding carboxylic acids is 5. The molecule has 0 saturated carbocycles. The Morgan fingerprint density at radius 2 is 0.620 bits per heavy atom. The lowest BCUT2D eigenvalue weighted by Crippen LogP contribution is -2.30. The molecule has 5 aromatic heterocycles. The summed E-state index contributed by atoms with van der Waals surface area (Å²) in [5, 5.41) is 21.4. The summed E-state index contributed by atoms with van der Waals surface area (Å²) in [4.78, 5) is 91.3. The van der Waals surface area contributed by atoms with Crippen molar-refractivity contribution in [1.29, 1.82) is 0 Å². The second-order valence-corrected chi connectivity index (χ2v) is 33.5. The molecule has 1 aliphatic heterocycles. The summed E-state index contributed by atoms with van der Waals surface area (Å²) < 4.78 is 5.00. The molecule has 0 aliphatic carbocycles. The Labute approximate surface area is 807 Å². The van der Waals surface area contributed by atoms with Gasteiger partial charge in [0.15, 0.2) is 0 Å². The molecular weight excluding hydrogens is 1700 g/mol. The Bertz CT molecular complexity index is 5710. The van der Waals surface area contributed by atoms with Gasteiger partial charge >= 0.3 is 0 Å². The van der Waals surface area contributed by atoms with E-state index in [9.17, 15) is 24.0 Å². The molecule has 1 aliphatic rings. The van der Waals surface area contributed by atoms with Gasteiger partial charge in [-0.2, -0.15) is 0 Å². The van der Waals surface area contributed by atoms with Crippen molar-refractivity contribution in [2.24, 2.45) is 0 Å². The molecule has 7 N–H and O–H groups in total. The fourth-order valence-corrected chi connectivity index (χ4v) is 16.3. The Hall–Kier alpha value is -15.5. The highest BCUT2D eigenvalue weighted by Crippen LogP contribution is 2.34. The van der Waals surface area contributed by atoms with Crippen LogP contribution < -0.4 is 42.1 Å².